The molecule has 0 spiro atoms. The van der Waals surface area contributed by atoms with Gasteiger partial charge >= 0.3 is 0 Å². The van der Waals surface area contributed by atoms with Crippen LogP contribution in [0.15, 0.2) is 36.8 Å². The third-order valence-electron chi connectivity index (χ3n) is 4.00. The maximum atomic E-state index is 4.63. The molecule has 1 N–H and O–H groups in total. The van der Waals surface area contributed by atoms with Gasteiger partial charge in [0.2, 0.25) is 0 Å². The summed E-state index contributed by atoms with van der Waals surface area (Å²) >= 11 is 0. The van der Waals surface area contributed by atoms with Crippen LogP contribution in [0.1, 0.15) is 24.2 Å². The SMILES string of the molecule is Cn1nc(Cn2cnc(CNC3CC3)c2)c2ccccc21. The van der Waals surface area contributed by atoms with Gasteiger partial charge in [0.1, 0.15) is 0 Å². The summed E-state index contributed by atoms with van der Waals surface area (Å²) in [6.45, 7) is 1.62. The number of nitrogens with one attached hydrogen (secondary N) is 1. The number of fused-ring (bicyclic) bond motifs is 1. The maximum Gasteiger partial charge on any atom is 0.0953 e. The molecule has 1 aromatic carbocycles. The van der Waals surface area contributed by atoms with Gasteiger partial charge in [0.15, 0.2) is 0 Å². The molecule has 4 rings (SSSR count). The summed E-state index contributed by atoms with van der Waals surface area (Å²) in [5.41, 5.74) is 3.36. The van der Waals surface area contributed by atoms with Gasteiger partial charge in [-0.1, -0.05) is 18.2 Å². The van der Waals surface area contributed by atoms with Crippen molar-refractivity contribution in [2.24, 2.45) is 7.05 Å². The smallest absolute Gasteiger partial charge is 0.0953 e. The van der Waals surface area contributed by atoms with Gasteiger partial charge in [-0.2, -0.15) is 5.10 Å². The minimum Gasteiger partial charge on any atom is -0.331 e. The molecule has 2 heterocycles. The van der Waals surface area contributed by atoms with Crippen LogP contribution in [0.4, 0.5) is 0 Å². The molecule has 3 aromatic rings. The molecule has 5 nitrogen and oxygen atoms in total. The Morgan fingerprint density at radius 3 is 3.00 bits per heavy atom. The van der Waals surface area contributed by atoms with Crippen LogP contribution in [0.3, 0.4) is 0 Å². The molecule has 5 heteroatoms. The molecular weight excluding hydrogens is 262 g/mol. The predicted molar refractivity (Wildman–Crippen MR) is 81.9 cm³/mol. The Bertz CT molecular complexity index is 766. The number of rotatable bonds is 5. The van der Waals surface area contributed by atoms with Gasteiger partial charge in [0.25, 0.3) is 0 Å². The van der Waals surface area contributed by atoms with E-state index >= 15 is 0 Å². The van der Waals surface area contributed by atoms with Crippen molar-refractivity contribution in [2.75, 3.05) is 0 Å². The second kappa shape index (κ2) is 5.00. The van der Waals surface area contributed by atoms with E-state index < -0.39 is 0 Å². The molecule has 2 aromatic heterocycles. The fraction of sp³-hybridized carbons (Fsp3) is 0.375. The lowest BCUT2D eigenvalue weighted by Gasteiger charge is -2.00. The number of hydrogen-bond acceptors (Lipinski definition) is 3. The molecule has 0 unspecified atom stereocenters. The third-order valence-corrected chi connectivity index (χ3v) is 4.00. The summed E-state index contributed by atoms with van der Waals surface area (Å²) in [5.74, 6) is 0. The highest BCUT2D eigenvalue weighted by Crippen LogP contribution is 2.20. The quantitative estimate of drug-likeness (QED) is 0.779. The van der Waals surface area contributed by atoms with Crippen molar-refractivity contribution in [3.8, 4) is 0 Å². The van der Waals surface area contributed by atoms with Gasteiger partial charge in [0, 0.05) is 31.2 Å². The molecule has 0 atom stereocenters. The van der Waals surface area contributed by atoms with E-state index in [2.05, 4.69) is 44.4 Å². The van der Waals surface area contributed by atoms with Crippen LogP contribution < -0.4 is 5.32 Å². The van der Waals surface area contributed by atoms with E-state index in [1.807, 2.05) is 24.1 Å². The lowest BCUT2D eigenvalue weighted by molar-refractivity contribution is 0.675. The van der Waals surface area contributed by atoms with Crippen LogP contribution in [0.25, 0.3) is 10.9 Å². The lowest BCUT2D eigenvalue weighted by atomic mass is 10.2. The highest BCUT2D eigenvalue weighted by Gasteiger charge is 2.20. The summed E-state index contributed by atoms with van der Waals surface area (Å²) < 4.78 is 4.05. The van der Waals surface area contributed by atoms with Crippen LogP contribution >= 0.6 is 0 Å². The largest absolute Gasteiger partial charge is 0.331 e. The number of aryl methyl sites for hydroxylation is 1. The van der Waals surface area contributed by atoms with Crippen LogP contribution in [0, 0.1) is 0 Å². The Morgan fingerprint density at radius 1 is 1.29 bits per heavy atom. The van der Waals surface area contributed by atoms with Crippen LogP contribution in [0.2, 0.25) is 0 Å². The Hall–Kier alpha value is -2.14. The monoisotopic (exact) mass is 281 g/mol. The van der Waals surface area contributed by atoms with Crippen molar-refractivity contribution >= 4 is 10.9 Å². The number of aromatic nitrogens is 4. The molecule has 1 fully saturated rings. The molecule has 0 aliphatic heterocycles. The van der Waals surface area contributed by atoms with Gasteiger partial charge in [-0.05, 0) is 18.9 Å². The molecule has 0 radical (unpaired) electrons. The molecule has 108 valence electrons. The van der Waals surface area contributed by atoms with E-state index in [1.54, 1.807) is 0 Å². The highest BCUT2D eigenvalue weighted by molar-refractivity contribution is 5.81. The van der Waals surface area contributed by atoms with Crippen molar-refractivity contribution < 1.29 is 0 Å². The molecule has 1 aliphatic rings. The Labute approximate surface area is 123 Å². The first-order chi connectivity index (χ1) is 10.3. The normalized spacial score (nSPS) is 14.9. The average Bonchev–Trinajstić information content (AvgIpc) is 3.15. The number of nitrogens with zero attached hydrogens (tertiary/aromatic N) is 4. The zero-order valence-corrected chi connectivity index (χ0v) is 12.2. The van der Waals surface area contributed by atoms with Gasteiger partial charge in [-0.3, -0.25) is 4.68 Å². The van der Waals surface area contributed by atoms with Crippen molar-refractivity contribution in [3.63, 3.8) is 0 Å². The summed E-state index contributed by atoms with van der Waals surface area (Å²) in [7, 11) is 1.99. The molecule has 1 aliphatic carbocycles. The summed E-state index contributed by atoms with van der Waals surface area (Å²) in [5, 5.41) is 9.33. The third kappa shape index (κ3) is 2.56. The first-order valence-corrected chi connectivity index (χ1v) is 7.44. The van der Waals surface area contributed by atoms with Gasteiger partial charge in [-0.25, -0.2) is 4.98 Å². The Balaban J connectivity index is 1.54. The van der Waals surface area contributed by atoms with Gasteiger partial charge in [0.05, 0.1) is 29.8 Å². The summed E-state index contributed by atoms with van der Waals surface area (Å²) in [4.78, 5) is 4.46. The van der Waals surface area contributed by atoms with E-state index in [1.165, 1.54) is 23.7 Å². The first kappa shape index (κ1) is 12.6. The summed E-state index contributed by atoms with van der Waals surface area (Å²) in [6.07, 6.45) is 6.62. The fourth-order valence-corrected chi connectivity index (χ4v) is 2.70. The van der Waals surface area contributed by atoms with E-state index in [9.17, 15) is 0 Å². The summed E-state index contributed by atoms with van der Waals surface area (Å²) in [6, 6.07) is 9.06. The van der Waals surface area contributed by atoms with Crippen LogP contribution in [0.5, 0.6) is 0 Å². The Kier molecular flexibility index (Phi) is 3.00. The molecular formula is C16H19N5. The van der Waals surface area contributed by atoms with E-state index in [0.717, 1.165) is 30.5 Å². The highest BCUT2D eigenvalue weighted by atomic mass is 15.3. The standard InChI is InChI=1S/C16H19N5/c1-20-16-5-3-2-4-14(16)15(19-20)10-21-9-13(18-11-21)8-17-12-6-7-12/h2-5,9,11-12,17H,6-8,10H2,1H3. The second-order valence-electron chi connectivity index (χ2n) is 5.78. The minimum atomic E-state index is 0.717. The van der Waals surface area contributed by atoms with Crippen molar-refractivity contribution in [2.45, 2.75) is 32.0 Å². The molecule has 21 heavy (non-hydrogen) atoms. The van der Waals surface area contributed by atoms with E-state index in [-0.39, 0.29) is 0 Å². The number of imidazole rings is 1. The number of benzene rings is 1. The average molecular weight is 281 g/mol. The van der Waals surface area contributed by atoms with Crippen molar-refractivity contribution in [3.05, 3.63) is 48.2 Å². The zero-order chi connectivity index (χ0) is 14.2. The fourth-order valence-electron chi connectivity index (χ4n) is 2.70. The van der Waals surface area contributed by atoms with E-state index in [4.69, 9.17) is 0 Å². The lowest BCUT2D eigenvalue weighted by Crippen LogP contribution is -2.15. The van der Waals surface area contributed by atoms with Crippen molar-refractivity contribution in [1.82, 2.24) is 24.6 Å². The maximum absolute atomic E-state index is 4.63. The number of hydrogen-bond donors (Lipinski definition) is 1. The predicted octanol–water partition coefficient (Wildman–Crippen LogP) is 2.07. The number of para-hydroxylation sites is 1. The first-order valence-electron chi connectivity index (χ1n) is 7.44. The Morgan fingerprint density at radius 2 is 2.14 bits per heavy atom. The van der Waals surface area contributed by atoms with Crippen LogP contribution in [-0.2, 0) is 20.1 Å². The zero-order valence-electron chi connectivity index (χ0n) is 12.2. The van der Waals surface area contributed by atoms with Gasteiger partial charge in [-0.15, -0.1) is 0 Å². The molecule has 1 saturated carbocycles. The van der Waals surface area contributed by atoms with Crippen LogP contribution in [-0.4, -0.2) is 25.4 Å². The second-order valence-corrected chi connectivity index (χ2v) is 5.78. The molecule has 0 amide bonds. The molecule has 0 saturated heterocycles. The van der Waals surface area contributed by atoms with Gasteiger partial charge < -0.3 is 9.88 Å². The minimum absolute atomic E-state index is 0.717. The topological polar surface area (TPSA) is 47.7 Å². The van der Waals surface area contributed by atoms with E-state index in [0.29, 0.717) is 0 Å². The van der Waals surface area contributed by atoms with Crippen molar-refractivity contribution in [1.29, 1.82) is 0 Å². The molecule has 0 bridgehead atoms.